The summed E-state index contributed by atoms with van der Waals surface area (Å²) in [6.07, 6.45) is 10.1. The maximum absolute atomic E-state index is 12.6. The molecule has 2 unspecified atom stereocenters. The summed E-state index contributed by atoms with van der Waals surface area (Å²) in [4.78, 5) is 25.3. The number of hydrogen-bond acceptors (Lipinski definition) is 6. The van der Waals surface area contributed by atoms with Gasteiger partial charge in [-0.25, -0.2) is 4.79 Å². The minimum atomic E-state index is -1.11. The first-order valence-electron chi connectivity index (χ1n) is 10.9. The molecular weight excluding hydrogens is 410 g/mol. The van der Waals surface area contributed by atoms with Gasteiger partial charge in [0.25, 0.3) is 0 Å². The summed E-state index contributed by atoms with van der Waals surface area (Å²) in [5.74, 6) is 1.76. The molecule has 6 atom stereocenters. The minimum absolute atomic E-state index is 0.0597. The van der Waals surface area contributed by atoms with Crippen molar-refractivity contribution in [2.24, 2.45) is 23.2 Å². The van der Waals surface area contributed by atoms with Gasteiger partial charge in [0.15, 0.2) is 17.6 Å². The number of carbonyl (C=O) groups excluding carboxylic acids is 1. The zero-order valence-corrected chi connectivity index (χ0v) is 18.1. The summed E-state index contributed by atoms with van der Waals surface area (Å²) >= 11 is 0. The van der Waals surface area contributed by atoms with Gasteiger partial charge in [-0.2, -0.15) is 0 Å². The maximum Gasteiger partial charge on any atom is 0.339 e. The lowest BCUT2D eigenvalue weighted by atomic mass is 9.48. The molecule has 0 radical (unpaired) electrons. The lowest BCUT2D eigenvalue weighted by molar-refractivity contribution is -0.140. The third kappa shape index (κ3) is 2.84. The van der Waals surface area contributed by atoms with Crippen LogP contribution in [0.5, 0.6) is 5.75 Å². The van der Waals surface area contributed by atoms with Crippen LogP contribution in [0.2, 0.25) is 0 Å². The first kappa shape index (κ1) is 20.8. The number of carboxylic acid groups (broad SMARTS) is 1. The Balaban J connectivity index is 0.000000183. The van der Waals surface area contributed by atoms with Gasteiger partial charge in [0.05, 0.1) is 7.11 Å². The van der Waals surface area contributed by atoms with E-state index < -0.39 is 5.97 Å². The van der Waals surface area contributed by atoms with Crippen LogP contribution in [0.25, 0.3) is 0 Å². The number of ether oxygens (including phenoxy) is 2. The van der Waals surface area contributed by atoms with E-state index in [2.05, 4.69) is 24.1 Å². The number of benzene rings is 1. The van der Waals surface area contributed by atoms with E-state index in [4.69, 9.17) is 19.7 Å². The summed E-state index contributed by atoms with van der Waals surface area (Å²) in [5, 5.41) is 17.3. The molecule has 5 aliphatic rings. The molecule has 168 valence electrons. The van der Waals surface area contributed by atoms with E-state index in [0.717, 1.165) is 30.9 Å². The Bertz CT molecular complexity index is 1060. The SMILES string of the molecule is COC1=C2O[C@H]3C(=O)C=C[C@H]4[C@H]5CC(C=C1)C2[C@@]34CCN5C.O=C(O)c1ccccc1O. The van der Waals surface area contributed by atoms with Crippen molar-refractivity contribution in [3.8, 4) is 5.75 Å². The number of para-hydroxylation sites is 1. The molecule has 7 heteroatoms. The average Bonchev–Trinajstić information content (AvgIpc) is 3.14. The van der Waals surface area contributed by atoms with Crippen molar-refractivity contribution in [2.45, 2.75) is 25.0 Å². The molecule has 0 amide bonds. The molecule has 2 saturated heterocycles. The van der Waals surface area contributed by atoms with Crippen LogP contribution in [-0.2, 0) is 14.3 Å². The molecule has 2 bridgehead atoms. The van der Waals surface area contributed by atoms with Crippen molar-refractivity contribution in [1.29, 1.82) is 0 Å². The number of methoxy groups -OCH3 is 1. The Kier molecular flexibility index (Phi) is 4.89. The topological polar surface area (TPSA) is 96.3 Å². The molecule has 0 aromatic heterocycles. The Labute approximate surface area is 186 Å². The highest BCUT2D eigenvalue weighted by atomic mass is 16.5. The Morgan fingerprint density at radius 3 is 2.72 bits per heavy atom. The third-order valence-corrected chi connectivity index (χ3v) is 7.85. The summed E-state index contributed by atoms with van der Waals surface area (Å²) in [7, 11) is 3.91. The van der Waals surface area contributed by atoms with Gasteiger partial charge in [0.2, 0.25) is 0 Å². The number of likely N-dealkylation sites (tertiary alicyclic amines) is 1. The third-order valence-electron chi connectivity index (χ3n) is 7.85. The average molecular weight is 437 g/mol. The Morgan fingerprint density at radius 1 is 1.25 bits per heavy atom. The van der Waals surface area contributed by atoms with Gasteiger partial charge in [0, 0.05) is 23.3 Å². The molecule has 2 heterocycles. The molecule has 1 saturated carbocycles. The molecule has 2 aliphatic heterocycles. The fraction of sp³-hybridized carbons (Fsp3) is 0.440. The highest BCUT2D eigenvalue weighted by Gasteiger charge is 2.69. The van der Waals surface area contributed by atoms with Crippen LogP contribution in [0.3, 0.4) is 0 Å². The van der Waals surface area contributed by atoms with Crippen LogP contribution in [0.4, 0.5) is 0 Å². The highest BCUT2D eigenvalue weighted by Crippen LogP contribution is 2.66. The van der Waals surface area contributed by atoms with E-state index in [0.29, 0.717) is 23.8 Å². The quantitative estimate of drug-likeness (QED) is 0.734. The van der Waals surface area contributed by atoms with Gasteiger partial charge in [0.1, 0.15) is 17.1 Å². The molecule has 32 heavy (non-hydrogen) atoms. The largest absolute Gasteiger partial charge is 0.507 e. The van der Waals surface area contributed by atoms with Crippen LogP contribution in [0.1, 0.15) is 23.2 Å². The fourth-order valence-electron chi connectivity index (χ4n) is 6.49. The normalized spacial score (nSPS) is 36.1. The van der Waals surface area contributed by atoms with Crippen LogP contribution < -0.4 is 0 Å². The maximum atomic E-state index is 12.6. The first-order chi connectivity index (χ1) is 15.4. The Hall–Kier alpha value is -3.06. The number of piperidine rings is 1. The second-order valence-corrected chi connectivity index (χ2v) is 9.19. The summed E-state index contributed by atoms with van der Waals surface area (Å²) in [6, 6.07) is 6.32. The van der Waals surface area contributed by atoms with Gasteiger partial charge < -0.3 is 24.6 Å². The molecule has 3 fully saturated rings. The number of allylic oxidation sites excluding steroid dienone is 3. The number of carboxylic acids is 1. The molecular formula is C25H27NO6. The van der Waals surface area contributed by atoms with Crippen molar-refractivity contribution < 1.29 is 29.3 Å². The van der Waals surface area contributed by atoms with Crippen LogP contribution >= 0.6 is 0 Å². The van der Waals surface area contributed by atoms with E-state index in [1.54, 1.807) is 25.3 Å². The second-order valence-electron chi connectivity index (χ2n) is 9.19. The first-order valence-corrected chi connectivity index (χ1v) is 10.9. The number of hydrogen-bond donors (Lipinski definition) is 2. The van der Waals surface area contributed by atoms with Crippen molar-refractivity contribution in [2.75, 3.05) is 20.7 Å². The van der Waals surface area contributed by atoms with Crippen LogP contribution in [-0.4, -0.2) is 59.7 Å². The van der Waals surface area contributed by atoms with Crippen LogP contribution in [0, 0.1) is 23.2 Å². The number of rotatable bonds is 2. The van der Waals surface area contributed by atoms with Crippen molar-refractivity contribution in [1.82, 2.24) is 4.90 Å². The lowest BCUT2D eigenvalue weighted by Crippen LogP contribution is -2.64. The monoisotopic (exact) mass is 437 g/mol. The smallest absolute Gasteiger partial charge is 0.339 e. The fourth-order valence-corrected chi connectivity index (χ4v) is 6.49. The number of phenols is 1. The predicted molar refractivity (Wildman–Crippen MR) is 116 cm³/mol. The number of aromatic carboxylic acids is 1. The van der Waals surface area contributed by atoms with Gasteiger partial charge >= 0.3 is 5.97 Å². The van der Waals surface area contributed by atoms with E-state index >= 15 is 0 Å². The minimum Gasteiger partial charge on any atom is -0.507 e. The van der Waals surface area contributed by atoms with Crippen molar-refractivity contribution in [3.05, 3.63) is 65.7 Å². The van der Waals surface area contributed by atoms with E-state index in [9.17, 15) is 9.59 Å². The van der Waals surface area contributed by atoms with Crippen LogP contribution in [0.15, 0.2) is 60.1 Å². The molecule has 6 rings (SSSR count). The van der Waals surface area contributed by atoms with Crippen molar-refractivity contribution in [3.63, 3.8) is 0 Å². The molecule has 2 N–H and O–H groups in total. The van der Waals surface area contributed by atoms with E-state index in [1.165, 1.54) is 12.1 Å². The number of ketones is 1. The van der Waals surface area contributed by atoms with Gasteiger partial charge in [-0.05, 0) is 56.6 Å². The number of aromatic hydroxyl groups is 1. The highest BCUT2D eigenvalue weighted by molar-refractivity contribution is 5.96. The number of nitrogens with zero attached hydrogens (tertiary/aromatic N) is 1. The van der Waals surface area contributed by atoms with Gasteiger partial charge in [-0.3, -0.25) is 4.79 Å². The number of carbonyl (C=O) groups is 2. The lowest BCUT2D eigenvalue weighted by Gasteiger charge is -2.59. The molecule has 1 aromatic rings. The van der Waals surface area contributed by atoms with E-state index in [1.807, 2.05) is 6.08 Å². The van der Waals surface area contributed by atoms with Crippen molar-refractivity contribution >= 4 is 11.8 Å². The molecule has 1 spiro atoms. The molecule has 1 aromatic carbocycles. The van der Waals surface area contributed by atoms with Gasteiger partial charge in [-0.1, -0.05) is 24.3 Å². The van der Waals surface area contributed by atoms with Gasteiger partial charge in [-0.15, -0.1) is 0 Å². The Morgan fingerprint density at radius 2 is 2.03 bits per heavy atom. The second kappa shape index (κ2) is 7.52. The molecule has 3 aliphatic carbocycles. The summed E-state index contributed by atoms with van der Waals surface area (Å²) in [6.45, 7) is 1.05. The zero-order chi connectivity index (χ0) is 22.6. The summed E-state index contributed by atoms with van der Waals surface area (Å²) < 4.78 is 11.8. The zero-order valence-electron chi connectivity index (χ0n) is 18.1. The van der Waals surface area contributed by atoms with E-state index in [-0.39, 0.29) is 28.6 Å². The summed E-state index contributed by atoms with van der Waals surface area (Å²) in [5.41, 5.74) is -0.127. The molecule has 7 nitrogen and oxygen atoms in total. The standard InChI is InChI=1S/C18H21NO3.C7H6O3/c1-19-8-7-18-11-4-5-13(20)17(18)22-16-14(21-2)6-3-10(15(16)18)9-12(11)19;8-6-4-2-1-3-5(6)7(9)10/h3-6,10-12,15,17H,7-9H2,1-2H3;1-4,8H,(H,9,10)/t10?,11-,12+,15?,17-,18-;/m0./s1. The predicted octanol–water partition coefficient (Wildman–Crippen LogP) is 2.99.